The summed E-state index contributed by atoms with van der Waals surface area (Å²) >= 11 is 6.25. The topological polar surface area (TPSA) is 32.3 Å². The molecule has 1 aliphatic rings. The van der Waals surface area contributed by atoms with Gasteiger partial charge in [0.25, 0.3) is 0 Å². The van der Waals surface area contributed by atoms with E-state index in [0.29, 0.717) is 6.04 Å². The molecule has 3 aromatic rings. The molecule has 0 radical (unpaired) electrons. The van der Waals surface area contributed by atoms with Crippen molar-refractivity contribution in [2.24, 2.45) is 0 Å². The predicted octanol–water partition coefficient (Wildman–Crippen LogP) is 3.48. The van der Waals surface area contributed by atoms with E-state index in [1.165, 1.54) is 42.4 Å². The number of benzene rings is 2. The van der Waals surface area contributed by atoms with Gasteiger partial charge >= 0.3 is 0 Å². The molecule has 2 aromatic carbocycles. The highest BCUT2D eigenvalue weighted by Gasteiger charge is 2.23. The van der Waals surface area contributed by atoms with E-state index >= 15 is 0 Å². The van der Waals surface area contributed by atoms with Gasteiger partial charge in [0.05, 0.1) is 23.8 Å². The third-order valence-corrected chi connectivity index (χ3v) is 5.37. The van der Waals surface area contributed by atoms with Crippen LogP contribution < -0.4 is 10.2 Å². The van der Waals surface area contributed by atoms with E-state index in [0.717, 1.165) is 17.3 Å². The lowest BCUT2D eigenvalue weighted by Crippen LogP contribution is -3.12. The van der Waals surface area contributed by atoms with Crippen LogP contribution in [0.2, 0.25) is 5.02 Å². The lowest BCUT2D eigenvalue weighted by atomic mass is 10.0. The Kier molecular flexibility index (Phi) is 4.46. The van der Waals surface area contributed by atoms with Crippen LogP contribution in [0.25, 0.3) is 10.9 Å². The Morgan fingerprint density at radius 3 is 2.62 bits per heavy atom. The van der Waals surface area contributed by atoms with Crippen LogP contribution in [-0.2, 0) is 6.54 Å². The van der Waals surface area contributed by atoms with Crippen molar-refractivity contribution in [3.8, 4) is 0 Å². The van der Waals surface area contributed by atoms with Crippen molar-refractivity contribution in [1.82, 2.24) is 4.98 Å². The van der Waals surface area contributed by atoms with Gasteiger partial charge in [-0.25, -0.2) is 0 Å². The van der Waals surface area contributed by atoms with E-state index < -0.39 is 0 Å². The van der Waals surface area contributed by atoms with E-state index in [-0.39, 0.29) is 0 Å². The van der Waals surface area contributed by atoms with Crippen LogP contribution in [-0.4, -0.2) is 24.1 Å². The minimum Gasteiger partial charge on any atom is -0.381 e. The molecular formula is C20H23ClN3+. The van der Waals surface area contributed by atoms with Gasteiger partial charge < -0.3 is 15.2 Å². The first kappa shape index (κ1) is 15.6. The summed E-state index contributed by atoms with van der Waals surface area (Å²) in [5.74, 6) is 0. The van der Waals surface area contributed by atoms with Gasteiger partial charge in [0.1, 0.15) is 6.54 Å². The molecule has 0 atom stereocenters. The van der Waals surface area contributed by atoms with Crippen molar-refractivity contribution < 1.29 is 4.90 Å². The third kappa shape index (κ3) is 3.28. The summed E-state index contributed by atoms with van der Waals surface area (Å²) in [5, 5.41) is 5.78. The summed E-state index contributed by atoms with van der Waals surface area (Å²) in [6.45, 7) is 3.49. The standard InChI is InChI=1S/C20H22ClN3/c21-18-6-2-4-8-20(18)23-16-9-11-24(12-10-16)14-15-13-22-19-7-3-1-5-17(15)19/h1-8,13,16,22-23H,9-12,14H2/p+1. The number of H-pyrrole nitrogens is 1. The minimum absolute atomic E-state index is 0.525. The van der Waals surface area contributed by atoms with Crippen molar-refractivity contribution in [2.45, 2.75) is 25.4 Å². The number of quaternary nitrogens is 1. The molecule has 0 saturated carbocycles. The van der Waals surface area contributed by atoms with E-state index in [1.54, 1.807) is 4.90 Å². The largest absolute Gasteiger partial charge is 0.381 e. The van der Waals surface area contributed by atoms with Crippen LogP contribution in [0.4, 0.5) is 5.69 Å². The Bertz CT molecular complexity index is 818. The highest BCUT2D eigenvalue weighted by atomic mass is 35.5. The lowest BCUT2D eigenvalue weighted by molar-refractivity contribution is -0.918. The molecule has 3 N–H and O–H groups in total. The molecule has 4 rings (SSSR count). The molecular weight excluding hydrogens is 318 g/mol. The number of aromatic amines is 1. The Balaban J connectivity index is 1.35. The van der Waals surface area contributed by atoms with Crippen LogP contribution in [0.3, 0.4) is 0 Å². The average Bonchev–Trinajstić information content (AvgIpc) is 3.02. The molecule has 0 spiro atoms. The number of hydrogen-bond acceptors (Lipinski definition) is 1. The van der Waals surface area contributed by atoms with Gasteiger partial charge in [-0.1, -0.05) is 41.9 Å². The zero-order chi connectivity index (χ0) is 16.4. The Hall–Kier alpha value is -1.97. The number of aromatic nitrogens is 1. The second-order valence-electron chi connectivity index (χ2n) is 6.68. The summed E-state index contributed by atoms with van der Waals surface area (Å²) in [6, 6.07) is 17.1. The van der Waals surface area contributed by atoms with Crippen molar-refractivity contribution in [1.29, 1.82) is 0 Å². The Labute approximate surface area is 147 Å². The molecule has 0 aliphatic carbocycles. The summed E-state index contributed by atoms with van der Waals surface area (Å²) in [4.78, 5) is 5.05. The number of nitrogens with one attached hydrogen (secondary N) is 3. The fraction of sp³-hybridized carbons (Fsp3) is 0.300. The second-order valence-corrected chi connectivity index (χ2v) is 7.09. The summed E-state index contributed by atoms with van der Waals surface area (Å²) in [5.41, 5.74) is 3.73. The highest BCUT2D eigenvalue weighted by Crippen LogP contribution is 2.23. The number of hydrogen-bond donors (Lipinski definition) is 3. The Morgan fingerprint density at radius 2 is 1.79 bits per heavy atom. The van der Waals surface area contributed by atoms with E-state index in [9.17, 15) is 0 Å². The molecule has 1 aliphatic heterocycles. The van der Waals surface area contributed by atoms with E-state index in [1.807, 2.05) is 18.2 Å². The molecule has 0 amide bonds. The van der Waals surface area contributed by atoms with Gasteiger partial charge in [0.15, 0.2) is 0 Å². The van der Waals surface area contributed by atoms with Crippen molar-refractivity contribution in [3.63, 3.8) is 0 Å². The molecule has 1 saturated heterocycles. The molecule has 2 heterocycles. The molecule has 1 aromatic heterocycles. The number of rotatable bonds is 4. The van der Waals surface area contributed by atoms with Crippen LogP contribution in [0.15, 0.2) is 54.7 Å². The monoisotopic (exact) mass is 340 g/mol. The zero-order valence-corrected chi connectivity index (χ0v) is 14.4. The van der Waals surface area contributed by atoms with Crippen LogP contribution in [0, 0.1) is 0 Å². The van der Waals surface area contributed by atoms with Gasteiger partial charge in [-0.05, 0) is 18.2 Å². The first-order valence-corrected chi connectivity index (χ1v) is 9.07. The maximum Gasteiger partial charge on any atom is 0.105 e. The molecule has 1 fully saturated rings. The molecule has 0 bridgehead atoms. The third-order valence-electron chi connectivity index (χ3n) is 5.04. The lowest BCUT2D eigenvalue weighted by Gasteiger charge is -2.30. The van der Waals surface area contributed by atoms with Crippen molar-refractivity contribution >= 4 is 28.2 Å². The number of fused-ring (bicyclic) bond motifs is 1. The molecule has 24 heavy (non-hydrogen) atoms. The number of halogens is 1. The summed E-state index contributed by atoms with van der Waals surface area (Å²) < 4.78 is 0. The van der Waals surface area contributed by atoms with Gasteiger partial charge in [0.2, 0.25) is 0 Å². The average molecular weight is 341 g/mol. The SMILES string of the molecule is Clc1ccccc1NC1CC[NH+](Cc2c[nH]c3ccccc23)CC1. The first-order chi connectivity index (χ1) is 11.8. The van der Waals surface area contributed by atoms with Crippen LogP contribution >= 0.6 is 11.6 Å². The van der Waals surface area contributed by atoms with Crippen molar-refractivity contribution in [2.75, 3.05) is 18.4 Å². The predicted molar refractivity (Wildman–Crippen MR) is 101 cm³/mol. The smallest absolute Gasteiger partial charge is 0.105 e. The van der Waals surface area contributed by atoms with Gasteiger partial charge in [0, 0.05) is 41.5 Å². The fourth-order valence-electron chi connectivity index (χ4n) is 3.69. The number of piperidine rings is 1. The summed E-state index contributed by atoms with van der Waals surface area (Å²) in [7, 11) is 0. The maximum absolute atomic E-state index is 6.25. The Morgan fingerprint density at radius 1 is 1.04 bits per heavy atom. The van der Waals surface area contributed by atoms with Gasteiger partial charge in [-0.3, -0.25) is 0 Å². The minimum atomic E-state index is 0.525. The van der Waals surface area contributed by atoms with Gasteiger partial charge in [-0.2, -0.15) is 0 Å². The van der Waals surface area contributed by atoms with Crippen LogP contribution in [0.1, 0.15) is 18.4 Å². The van der Waals surface area contributed by atoms with E-state index in [4.69, 9.17) is 11.6 Å². The number of likely N-dealkylation sites (tertiary alicyclic amines) is 1. The van der Waals surface area contributed by atoms with E-state index in [2.05, 4.69) is 46.8 Å². The normalized spacial score (nSPS) is 21.0. The maximum atomic E-state index is 6.25. The molecule has 3 nitrogen and oxygen atoms in total. The second kappa shape index (κ2) is 6.88. The van der Waals surface area contributed by atoms with Crippen molar-refractivity contribution in [3.05, 3.63) is 65.3 Å². The number of para-hydroxylation sites is 2. The number of anilines is 1. The first-order valence-electron chi connectivity index (χ1n) is 8.69. The molecule has 4 heteroatoms. The highest BCUT2D eigenvalue weighted by molar-refractivity contribution is 6.33. The summed E-state index contributed by atoms with van der Waals surface area (Å²) in [6.07, 6.45) is 4.54. The quantitative estimate of drug-likeness (QED) is 0.667. The molecule has 124 valence electrons. The van der Waals surface area contributed by atoms with Gasteiger partial charge in [-0.15, -0.1) is 0 Å². The fourth-order valence-corrected chi connectivity index (χ4v) is 3.88. The zero-order valence-electron chi connectivity index (χ0n) is 13.7. The molecule has 0 unspecified atom stereocenters. The van der Waals surface area contributed by atoms with Crippen LogP contribution in [0.5, 0.6) is 0 Å².